The normalized spacial score (nSPS) is 12.1. The molecule has 1 N–H and O–H groups in total. The third-order valence-electron chi connectivity index (χ3n) is 5.81. The largest absolute Gasteiger partial charge is 0.464 e. The minimum Gasteiger partial charge on any atom is -0.464 e. The first-order valence-electron chi connectivity index (χ1n) is 11.2. The minimum absolute atomic E-state index is 0.200. The van der Waals surface area contributed by atoms with Crippen LogP contribution in [0.2, 0.25) is 0 Å². The van der Waals surface area contributed by atoms with Crippen LogP contribution in [-0.2, 0) is 27.2 Å². The second-order valence-electron chi connectivity index (χ2n) is 8.08. The Hall–Kier alpha value is -3.74. The first-order valence-corrected chi connectivity index (χ1v) is 11.2. The molecule has 0 bridgehead atoms. The van der Waals surface area contributed by atoms with Gasteiger partial charge in [0.2, 0.25) is 5.91 Å². The molecule has 7 heteroatoms. The second-order valence-corrected chi connectivity index (χ2v) is 8.08. The number of nitrogens with one attached hydrogen (secondary N) is 1. The maximum Gasteiger partial charge on any atom is 0.328 e. The van der Waals surface area contributed by atoms with Crippen molar-refractivity contribution < 1.29 is 14.3 Å². The van der Waals surface area contributed by atoms with E-state index in [9.17, 15) is 9.59 Å². The van der Waals surface area contributed by atoms with E-state index in [1.54, 1.807) is 6.92 Å². The number of esters is 1. The predicted molar refractivity (Wildman–Crippen MR) is 127 cm³/mol. The highest BCUT2D eigenvalue weighted by Crippen LogP contribution is 2.23. The van der Waals surface area contributed by atoms with Crippen molar-refractivity contribution in [2.24, 2.45) is 0 Å². The van der Waals surface area contributed by atoms with Gasteiger partial charge < -0.3 is 10.1 Å². The molecule has 4 aromatic rings. The van der Waals surface area contributed by atoms with Gasteiger partial charge in [-0.2, -0.15) is 5.10 Å². The van der Waals surface area contributed by atoms with E-state index in [0.29, 0.717) is 12.8 Å². The maximum atomic E-state index is 12.8. The van der Waals surface area contributed by atoms with E-state index in [1.807, 2.05) is 73.0 Å². The van der Waals surface area contributed by atoms with Crippen molar-refractivity contribution in [3.05, 3.63) is 77.1 Å². The van der Waals surface area contributed by atoms with Gasteiger partial charge >= 0.3 is 5.97 Å². The van der Waals surface area contributed by atoms with E-state index >= 15 is 0 Å². The van der Waals surface area contributed by atoms with Crippen LogP contribution in [0, 0.1) is 13.8 Å². The Bertz CT molecular complexity index is 1300. The molecule has 2 aromatic carbocycles. The number of carbonyl (C=O) groups is 2. The molecule has 0 radical (unpaired) electrons. The summed E-state index contributed by atoms with van der Waals surface area (Å²) in [7, 11) is 0. The van der Waals surface area contributed by atoms with Crippen LogP contribution < -0.4 is 5.32 Å². The van der Waals surface area contributed by atoms with Crippen molar-refractivity contribution in [1.82, 2.24) is 19.9 Å². The van der Waals surface area contributed by atoms with Gasteiger partial charge in [-0.1, -0.05) is 42.5 Å². The van der Waals surface area contributed by atoms with Gasteiger partial charge in [-0.25, -0.2) is 14.3 Å². The molecular weight excluding hydrogens is 416 g/mol. The molecule has 0 saturated heterocycles. The van der Waals surface area contributed by atoms with Crippen LogP contribution in [0.5, 0.6) is 0 Å². The summed E-state index contributed by atoms with van der Waals surface area (Å²) in [5.74, 6) is -0.623. The number of amides is 1. The Labute approximate surface area is 192 Å². The van der Waals surface area contributed by atoms with Gasteiger partial charge in [0, 0.05) is 29.6 Å². The summed E-state index contributed by atoms with van der Waals surface area (Å²) in [4.78, 5) is 30.0. The lowest BCUT2D eigenvalue weighted by Crippen LogP contribution is -2.43. The molecule has 2 aromatic heterocycles. The van der Waals surface area contributed by atoms with E-state index in [4.69, 9.17) is 9.72 Å². The van der Waals surface area contributed by atoms with Gasteiger partial charge in [-0.3, -0.25) is 4.79 Å². The Balaban J connectivity index is 1.50. The van der Waals surface area contributed by atoms with Crippen molar-refractivity contribution in [2.45, 2.75) is 46.1 Å². The number of ether oxygens (including phenoxy) is 1. The SMILES string of the molecule is CCOC(=O)C(Cc1ccccc1)NC(=O)CCc1c(C)nc2c3ccccc3nn2c1C. The molecule has 7 nitrogen and oxygen atoms in total. The fourth-order valence-electron chi connectivity index (χ4n) is 4.13. The Kier molecular flexibility index (Phi) is 6.68. The van der Waals surface area contributed by atoms with Gasteiger partial charge in [-0.15, -0.1) is 0 Å². The number of rotatable bonds is 8. The third kappa shape index (κ3) is 4.87. The second kappa shape index (κ2) is 9.81. The number of hydrogen-bond acceptors (Lipinski definition) is 5. The fourth-order valence-corrected chi connectivity index (χ4v) is 4.13. The number of aromatic nitrogens is 3. The van der Waals surface area contributed by atoms with Crippen LogP contribution in [0.1, 0.15) is 35.9 Å². The summed E-state index contributed by atoms with van der Waals surface area (Å²) in [6.45, 7) is 5.98. The van der Waals surface area contributed by atoms with Crippen LogP contribution in [0.3, 0.4) is 0 Å². The van der Waals surface area contributed by atoms with E-state index in [2.05, 4.69) is 10.4 Å². The topological polar surface area (TPSA) is 85.6 Å². The summed E-state index contributed by atoms with van der Waals surface area (Å²) in [6.07, 6.45) is 1.13. The zero-order valence-corrected chi connectivity index (χ0v) is 19.2. The lowest BCUT2D eigenvalue weighted by Gasteiger charge is -2.18. The third-order valence-corrected chi connectivity index (χ3v) is 5.81. The van der Waals surface area contributed by atoms with Crippen LogP contribution >= 0.6 is 0 Å². The molecule has 2 heterocycles. The lowest BCUT2D eigenvalue weighted by atomic mass is 10.0. The highest BCUT2D eigenvalue weighted by Gasteiger charge is 2.23. The van der Waals surface area contributed by atoms with E-state index < -0.39 is 12.0 Å². The number of benzene rings is 2. The van der Waals surface area contributed by atoms with Gasteiger partial charge in [0.05, 0.1) is 12.1 Å². The average molecular weight is 445 g/mol. The number of hydrogen-bond donors (Lipinski definition) is 1. The van der Waals surface area contributed by atoms with Crippen molar-refractivity contribution in [1.29, 1.82) is 0 Å². The quantitative estimate of drug-likeness (QED) is 0.419. The first kappa shape index (κ1) is 22.5. The van der Waals surface area contributed by atoms with Crippen LogP contribution in [0.25, 0.3) is 16.6 Å². The summed E-state index contributed by atoms with van der Waals surface area (Å²) in [5.41, 5.74) is 5.50. The van der Waals surface area contributed by atoms with E-state index in [1.165, 1.54) is 0 Å². The molecule has 0 aliphatic heterocycles. The lowest BCUT2D eigenvalue weighted by molar-refractivity contribution is -0.147. The summed E-state index contributed by atoms with van der Waals surface area (Å²) < 4.78 is 7.03. The highest BCUT2D eigenvalue weighted by molar-refractivity contribution is 5.92. The number of aryl methyl sites for hydroxylation is 2. The first-order chi connectivity index (χ1) is 16.0. The zero-order chi connectivity index (χ0) is 23.4. The molecule has 0 saturated carbocycles. The zero-order valence-electron chi connectivity index (χ0n) is 19.2. The van der Waals surface area contributed by atoms with Crippen molar-refractivity contribution in [3.63, 3.8) is 0 Å². The molecular formula is C26H28N4O3. The molecule has 0 aliphatic rings. The molecule has 1 amide bonds. The number of fused-ring (bicyclic) bond motifs is 3. The molecule has 1 unspecified atom stereocenters. The summed E-state index contributed by atoms with van der Waals surface area (Å²) in [6, 6.07) is 16.8. The monoisotopic (exact) mass is 444 g/mol. The molecule has 170 valence electrons. The average Bonchev–Trinajstić information content (AvgIpc) is 3.18. The Morgan fingerprint density at radius 1 is 1.06 bits per heavy atom. The van der Waals surface area contributed by atoms with Crippen LogP contribution in [0.15, 0.2) is 54.6 Å². The molecule has 0 fully saturated rings. The van der Waals surface area contributed by atoms with Crippen molar-refractivity contribution in [3.8, 4) is 0 Å². The summed E-state index contributed by atoms with van der Waals surface area (Å²) in [5, 5.41) is 8.54. The van der Waals surface area contributed by atoms with Crippen molar-refractivity contribution in [2.75, 3.05) is 6.61 Å². The fraction of sp³-hybridized carbons (Fsp3) is 0.308. The Morgan fingerprint density at radius 2 is 1.79 bits per heavy atom. The molecule has 0 aliphatic carbocycles. The minimum atomic E-state index is -0.723. The predicted octanol–water partition coefficient (Wildman–Crippen LogP) is 3.72. The molecule has 0 spiro atoms. The standard InChI is InChI=1S/C26H28N4O3/c1-4-33-26(32)23(16-19-10-6-5-7-11-19)28-24(31)15-14-20-17(2)27-25-21-12-8-9-13-22(21)29-30(25)18(20)3/h5-13,23H,4,14-16H2,1-3H3,(H,28,31). The summed E-state index contributed by atoms with van der Waals surface area (Å²) >= 11 is 0. The van der Waals surface area contributed by atoms with Gasteiger partial charge in [0.1, 0.15) is 6.04 Å². The van der Waals surface area contributed by atoms with E-state index in [-0.39, 0.29) is 18.9 Å². The molecule has 4 rings (SSSR count). The van der Waals surface area contributed by atoms with Crippen molar-refractivity contribution >= 4 is 28.4 Å². The molecule has 33 heavy (non-hydrogen) atoms. The Morgan fingerprint density at radius 3 is 2.55 bits per heavy atom. The van der Waals surface area contributed by atoms with Crippen LogP contribution in [0.4, 0.5) is 0 Å². The highest BCUT2D eigenvalue weighted by atomic mass is 16.5. The van der Waals surface area contributed by atoms with Gasteiger partial charge in [0.25, 0.3) is 0 Å². The van der Waals surface area contributed by atoms with E-state index in [0.717, 1.165) is 39.1 Å². The number of carbonyl (C=O) groups excluding carboxylic acids is 2. The smallest absolute Gasteiger partial charge is 0.328 e. The number of nitrogens with zero attached hydrogens (tertiary/aromatic N) is 3. The van der Waals surface area contributed by atoms with Crippen LogP contribution in [-0.4, -0.2) is 39.1 Å². The molecule has 1 atom stereocenters. The maximum absolute atomic E-state index is 12.8. The van der Waals surface area contributed by atoms with Gasteiger partial charge in [0.15, 0.2) is 5.65 Å². The van der Waals surface area contributed by atoms with Gasteiger partial charge in [-0.05, 0) is 50.5 Å².